The van der Waals surface area contributed by atoms with E-state index < -0.39 is 24.2 Å². The summed E-state index contributed by atoms with van der Waals surface area (Å²) in [4.78, 5) is 12.4. The van der Waals surface area contributed by atoms with E-state index >= 15 is 0 Å². The summed E-state index contributed by atoms with van der Waals surface area (Å²) >= 11 is 0. The molecule has 5 heteroatoms. The van der Waals surface area contributed by atoms with Crippen molar-refractivity contribution in [3.8, 4) is 0 Å². The zero-order valence-electron chi connectivity index (χ0n) is 29.0. The minimum atomic E-state index is -1.10. The van der Waals surface area contributed by atoms with Gasteiger partial charge in [0, 0.05) is 0 Å². The summed E-state index contributed by atoms with van der Waals surface area (Å²) in [6.45, 7) is 4.14. The molecule has 0 aromatic rings. The normalized spacial score (nSPS) is 14.2. The molecule has 0 fully saturated rings. The molecule has 0 heterocycles. The van der Waals surface area contributed by atoms with Gasteiger partial charge in [-0.05, 0) is 44.9 Å². The lowest BCUT2D eigenvalue weighted by Gasteiger charge is -2.21. The highest BCUT2D eigenvalue weighted by Crippen LogP contribution is 2.14. The van der Waals surface area contributed by atoms with E-state index in [-0.39, 0.29) is 6.61 Å². The van der Waals surface area contributed by atoms with Gasteiger partial charge in [0.15, 0.2) is 0 Å². The fourth-order valence-corrected chi connectivity index (χ4v) is 5.45. The Balaban J connectivity index is 3.82. The van der Waals surface area contributed by atoms with Crippen LogP contribution in [0.4, 0.5) is 0 Å². The molecule has 5 nitrogen and oxygen atoms in total. The van der Waals surface area contributed by atoms with Crippen LogP contribution in [0, 0.1) is 0 Å². The second-order valence-corrected chi connectivity index (χ2v) is 12.8. The van der Waals surface area contributed by atoms with Crippen molar-refractivity contribution >= 4 is 5.91 Å². The summed E-state index contributed by atoms with van der Waals surface area (Å²) in [6.07, 6.45) is 41.6. The molecule has 258 valence electrons. The van der Waals surface area contributed by atoms with Crippen molar-refractivity contribution in [1.82, 2.24) is 5.32 Å². The Morgan fingerprint density at radius 1 is 0.545 bits per heavy atom. The summed E-state index contributed by atoms with van der Waals surface area (Å²) in [5, 5.41) is 32.9. The molecule has 1 amide bonds. The highest BCUT2D eigenvalue weighted by molar-refractivity contribution is 5.80. The SMILES string of the molecule is CCCCCCCC/C=C/CC/C=C/CC/C=C/C(O)C(CO)NC(=O)C(O)CCCCCCCCCCCCCCCC. The summed E-state index contributed by atoms with van der Waals surface area (Å²) in [5.74, 6) is -0.518. The smallest absolute Gasteiger partial charge is 0.249 e. The van der Waals surface area contributed by atoms with Crippen LogP contribution in [0.2, 0.25) is 0 Å². The monoisotopic (exact) mass is 620 g/mol. The molecule has 0 bridgehead atoms. The quantitative estimate of drug-likeness (QED) is 0.0435. The lowest BCUT2D eigenvalue weighted by molar-refractivity contribution is -0.131. The minimum Gasteiger partial charge on any atom is -0.394 e. The van der Waals surface area contributed by atoms with Crippen LogP contribution >= 0.6 is 0 Å². The van der Waals surface area contributed by atoms with Gasteiger partial charge >= 0.3 is 0 Å². The number of aliphatic hydroxyl groups excluding tert-OH is 3. The number of carbonyl (C=O) groups excluding carboxylic acids is 1. The number of hydrogen-bond acceptors (Lipinski definition) is 4. The zero-order chi connectivity index (χ0) is 32.4. The molecule has 3 unspecified atom stereocenters. The topological polar surface area (TPSA) is 89.8 Å². The molecular formula is C39H73NO4. The van der Waals surface area contributed by atoms with Crippen LogP contribution in [0.15, 0.2) is 36.5 Å². The third-order valence-corrected chi connectivity index (χ3v) is 8.46. The van der Waals surface area contributed by atoms with Gasteiger partial charge in [-0.1, -0.05) is 172 Å². The van der Waals surface area contributed by atoms with Crippen LogP contribution in [0.25, 0.3) is 0 Å². The third kappa shape index (κ3) is 29.3. The van der Waals surface area contributed by atoms with Gasteiger partial charge in [0.25, 0.3) is 0 Å². The van der Waals surface area contributed by atoms with E-state index in [1.807, 2.05) is 6.08 Å². The van der Waals surface area contributed by atoms with Crippen molar-refractivity contribution in [2.75, 3.05) is 6.61 Å². The molecule has 0 aliphatic heterocycles. The summed E-state index contributed by atoms with van der Waals surface area (Å²) < 4.78 is 0. The Hall–Kier alpha value is -1.43. The first-order valence-electron chi connectivity index (χ1n) is 18.8. The number of rotatable bonds is 33. The van der Waals surface area contributed by atoms with E-state index in [0.29, 0.717) is 6.42 Å². The fourth-order valence-electron chi connectivity index (χ4n) is 5.45. The Morgan fingerprint density at radius 3 is 1.39 bits per heavy atom. The van der Waals surface area contributed by atoms with Crippen molar-refractivity contribution in [2.45, 2.75) is 199 Å². The summed E-state index contributed by atoms with van der Waals surface area (Å²) in [7, 11) is 0. The number of unbranched alkanes of at least 4 members (excludes halogenated alkanes) is 21. The number of allylic oxidation sites excluding steroid dienone is 5. The standard InChI is InChI=1S/C39H73NO4/c1-3-5-7-9-11-13-15-17-19-20-22-23-25-27-29-31-33-37(42)36(35-41)40-39(44)38(43)34-32-30-28-26-24-21-18-16-14-12-10-8-6-4-2/h17,19,23,25,31,33,36-38,41-43H,3-16,18,20-22,24,26-30,32,34-35H2,1-2H3,(H,40,44)/b19-17+,25-23+,33-31+. The van der Waals surface area contributed by atoms with Crippen molar-refractivity contribution in [3.05, 3.63) is 36.5 Å². The number of aliphatic hydroxyl groups is 3. The van der Waals surface area contributed by atoms with Crippen molar-refractivity contribution < 1.29 is 20.1 Å². The van der Waals surface area contributed by atoms with Crippen molar-refractivity contribution in [1.29, 1.82) is 0 Å². The molecule has 0 saturated heterocycles. The van der Waals surface area contributed by atoms with Crippen LogP contribution in [0.5, 0.6) is 0 Å². The van der Waals surface area contributed by atoms with E-state index in [2.05, 4.69) is 43.5 Å². The van der Waals surface area contributed by atoms with Crippen molar-refractivity contribution in [3.63, 3.8) is 0 Å². The molecule has 44 heavy (non-hydrogen) atoms. The van der Waals surface area contributed by atoms with Gasteiger partial charge in [-0.3, -0.25) is 4.79 Å². The van der Waals surface area contributed by atoms with Crippen LogP contribution in [0.3, 0.4) is 0 Å². The third-order valence-electron chi connectivity index (χ3n) is 8.46. The molecular weight excluding hydrogens is 546 g/mol. The Kier molecular flexibility index (Phi) is 33.3. The van der Waals surface area contributed by atoms with Crippen molar-refractivity contribution in [2.24, 2.45) is 0 Å². The first-order valence-corrected chi connectivity index (χ1v) is 18.8. The van der Waals surface area contributed by atoms with Gasteiger partial charge in [0.2, 0.25) is 5.91 Å². The Labute approximate surface area is 273 Å². The average Bonchev–Trinajstić information content (AvgIpc) is 3.03. The Morgan fingerprint density at radius 2 is 0.932 bits per heavy atom. The molecule has 0 aliphatic carbocycles. The van der Waals surface area contributed by atoms with E-state index in [1.165, 1.54) is 116 Å². The maximum Gasteiger partial charge on any atom is 0.249 e. The summed E-state index contributed by atoms with van der Waals surface area (Å²) in [6, 6.07) is -0.816. The fraction of sp³-hybridized carbons (Fsp3) is 0.821. The molecule has 0 aromatic carbocycles. The van der Waals surface area contributed by atoms with E-state index in [0.717, 1.165) is 44.9 Å². The van der Waals surface area contributed by atoms with Gasteiger partial charge in [0.05, 0.1) is 18.8 Å². The van der Waals surface area contributed by atoms with Gasteiger partial charge in [0.1, 0.15) is 6.10 Å². The van der Waals surface area contributed by atoms with Gasteiger partial charge < -0.3 is 20.6 Å². The second-order valence-electron chi connectivity index (χ2n) is 12.8. The Bertz CT molecular complexity index is 690. The van der Waals surface area contributed by atoms with Gasteiger partial charge in [-0.2, -0.15) is 0 Å². The van der Waals surface area contributed by atoms with E-state index in [4.69, 9.17) is 0 Å². The molecule has 3 atom stereocenters. The van der Waals surface area contributed by atoms with Crippen LogP contribution < -0.4 is 5.32 Å². The minimum absolute atomic E-state index is 0.380. The van der Waals surface area contributed by atoms with E-state index in [9.17, 15) is 20.1 Å². The molecule has 0 aliphatic rings. The first-order chi connectivity index (χ1) is 21.6. The maximum atomic E-state index is 12.4. The second kappa shape index (κ2) is 34.4. The van der Waals surface area contributed by atoms with Gasteiger partial charge in [-0.15, -0.1) is 0 Å². The predicted molar refractivity (Wildman–Crippen MR) is 190 cm³/mol. The lowest BCUT2D eigenvalue weighted by Crippen LogP contribution is -2.48. The van der Waals surface area contributed by atoms with E-state index in [1.54, 1.807) is 6.08 Å². The maximum absolute atomic E-state index is 12.4. The van der Waals surface area contributed by atoms with Crippen LogP contribution in [-0.2, 0) is 4.79 Å². The molecule has 0 spiro atoms. The molecule has 0 aromatic heterocycles. The van der Waals surface area contributed by atoms with Crippen LogP contribution in [0.1, 0.15) is 181 Å². The molecule has 4 N–H and O–H groups in total. The molecule has 0 rings (SSSR count). The lowest BCUT2D eigenvalue weighted by atomic mass is 10.0. The number of hydrogen-bond donors (Lipinski definition) is 4. The first kappa shape index (κ1) is 42.6. The highest BCUT2D eigenvalue weighted by atomic mass is 16.3. The van der Waals surface area contributed by atoms with Gasteiger partial charge in [-0.25, -0.2) is 0 Å². The average molecular weight is 620 g/mol. The summed E-state index contributed by atoms with van der Waals surface area (Å²) in [5.41, 5.74) is 0. The highest BCUT2D eigenvalue weighted by Gasteiger charge is 2.22. The van der Waals surface area contributed by atoms with Crippen LogP contribution in [-0.4, -0.2) is 46.1 Å². The molecule has 0 radical (unpaired) electrons. The number of carbonyl (C=O) groups is 1. The largest absolute Gasteiger partial charge is 0.394 e. The number of amides is 1. The molecule has 0 saturated carbocycles. The number of nitrogens with one attached hydrogen (secondary N) is 1. The zero-order valence-corrected chi connectivity index (χ0v) is 29.0. The predicted octanol–water partition coefficient (Wildman–Crippen LogP) is 10.0.